The first-order chi connectivity index (χ1) is 11.3. The molecule has 2 saturated heterocycles. The Morgan fingerprint density at radius 1 is 1.13 bits per heavy atom. The van der Waals surface area contributed by atoms with Crippen LogP contribution < -0.4 is 10.2 Å². The first kappa shape index (κ1) is 14.5. The van der Waals surface area contributed by atoms with E-state index < -0.39 is 0 Å². The van der Waals surface area contributed by atoms with Gasteiger partial charge in [-0.05, 0) is 43.5 Å². The number of nitrogens with zero attached hydrogens (tertiary/aromatic N) is 3. The molecule has 2 fully saturated rings. The van der Waals surface area contributed by atoms with Crippen LogP contribution in [0.15, 0.2) is 48.9 Å². The largest absolute Gasteiger partial charge is 0.373 e. The second-order valence-corrected chi connectivity index (χ2v) is 6.45. The normalized spacial score (nSPS) is 23.1. The van der Waals surface area contributed by atoms with E-state index in [4.69, 9.17) is 4.74 Å². The van der Waals surface area contributed by atoms with Crippen LogP contribution in [0.25, 0.3) is 0 Å². The highest BCUT2D eigenvalue weighted by molar-refractivity contribution is 5.44. The molecule has 5 heteroatoms. The lowest BCUT2D eigenvalue weighted by atomic mass is 9.87. The maximum absolute atomic E-state index is 6.22. The van der Waals surface area contributed by atoms with E-state index in [0.717, 1.165) is 44.8 Å². The fourth-order valence-electron chi connectivity index (χ4n) is 3.66. The van der Waals surface area contributed by atoms with Gasteiger partial charge < -0.3 is 15.0 Å². The van der Waals surface area contributed by atoms with Crippen LogP contribution in [0.5, 0.6) is 0 Å². The molecule has 0 amide bonds. The van der Waals surface area contributed by atoms with E-state index in [0.29, 0.717) is 6.04 Å². The van der Waals surface area contributed by atoms with Gasteiger partial charge in [-0.25, -0.2) is 4.98 Å². The summed E-state index contributed by atoms with van der Waals surface area (Å²) in [4.78, 5) is 11.0. The predicted octanol–water partition coefficient (Wildman–Crippen LogP) is 2.72. The lowest BCUT2D eigenvalue weighted by Gasteiger charge is -2.39. The highest BCUT2D eigenvalue weighted by Crippen LogP contribution is 2.37. The van der Waals surface area contributed by atoms with Gasteiger partial charge in [0.05, 0.1) is 30.1 Å². The lowest BCUT2D eigenvalue weighted by Crippen LogP contribution is -2.44. The average molecular weight is 310 g/mol. The van der Waals surface area contributed by atoms with E-state index in [1.165, 1.54) is 5.69 Å². The van der Waals surface area contributed by atoms with Crippen molar-refractivity contribution in [3.8, 4) is 0 Å². The molecule has 0 unspecified atom stereocenters. The van der Waals surface area contributed by atoms with E-state index in [9.17, 15) is 0 Å². The topological polar surface area (TPSA) is 50.3 Å². The van der Waals surface area contributed by atoms with Crippen LogP contribution in [-0.2, 0) is 4.74 Å². The van der Waals surface area contributed by atoms with Gasteiger partial charge in [0.25, 0.3) is 0 Å². The van der Waals surface area contributed by atoms with Crippen LogP contribution in [0.1, 0.15) is 19.3 Å². The average Bonchev–Trinajstić information content (AvgIpc) is 2.99. The Hall–Kier alpha value is -2.14. The van der Waals surface area contributed by atoms with Crippen molar-refractivity contribution >= 4 is 11.5 Å². The quantitative estimate of drug-likeness (QED) is 0.944. The summed E-state index contributed by atoms with van der Waals surface area (Å²) in [5.41, 5.74) is 1.24. The molecule has 4 rings (SSSR count). The van der Waals surface area contributed by atoms with Gasteiger partial charge in [0.15, 0.2) is 0 Å². The van der Waals surface area contributed by atoms with Crippen molar-refractivity contribution in [1.82, 2.24) is 9.97 Å². The minimum Gasteiger partial charge on any atom is -0.373 e. The highest BCUT2D eigenvalue weighted by atomic mass is 16.5. The summed E-state index contributed by atoms with van der Waals surface area (Å²) in [5.74, 6) is 0.936. The molecule has 2 aliphatic heterocycles. The molecule has 0 aromatic carbocycles. The summed E-state index contributed by atoms with van der Waals surface area (Å²) in [6, 6.07) is 10.4. The van der Waals surface area contributed by atoms with Crippen molar-refractivity contribution in [3.05, 3.63) is 48.9 Å². The second kappa shape index (κ2) is 6.16. The molecule has 4 heterocycles. The Labute approximate surface area is 136 Å². The van der Waals surface area contributed by atoms with Gasteiger partial charge in [-0.15, -0.1) is 0 Å². The van der Waals surface area contributed by atoms with Crippen LogP contribution in [0.3, 0.4) is 0 Å². The summed E-state index contributed by atoms with van der Waals surface area (Å²) in [7, 11) is 0. The fraction of sp³-hybridized carbons (Fsp3) is 0.444. The Balaban J connectivity index is 1.35. The van der Waals surface area contributed by atoms with Gasteiger partial charge in [-0.3, -0.25) is 4.98 Å². The number of piperidine rings is 1. The van der Waals surface area contributed by atoms with E-state index >= 15 is 0 Å². The highest BCUT2D eigenvalue weighted by Gasteiger charge is 2.42. The third kappa shape index (κ3) is 3.15. The number of ether oxygens (including phenoxy) is 1. The number of aromatic nitrogens is 2. The monoisotopic (exact) mass is 310 g/mol. The standard InChI is InChI=1S/C18H22N4O/c1-2-9-20-17(5-1)21-15-12-18(23-14-15)6-10-22(11-7-18)16-4-3-8-19-13-16/h1-5,8-9,13,15H,6-7,10-12,14H2,(H,20,21)/t15-/m1/s1. The Bertz CT molecular complexity index is 626. The number of hydrogen-bond donors (Lipinski definition) is 1. The zero-order valence-electron chi connectivity index (χ0n) is 13.2. The number of anilines is 2. The molecular weight excluding hydrogens is 288 g/mol. The fourth-order valence-corrected chi connectivity index (χ4v) is 3.66. The van der Waals surface area contributed by atoms with Crippen LogP contribution in [0.2, 0.25) is 0 Å². The van der Waals surface area contributed by atoms with Crippen molar-refractivity contribution in [1.29, 1.82) is 0 Å². The number of pyridine rings is 2. The van der Waals surface area contributed by atoms with Crippen molar-refractivity contribution in [2.75, 3.05) is 29.9 Å². The molecule has 0 aliphatic carbocycles. The Kier molecular flexibility index (Phi) is 3.87. The van der Waals surface area contributed by atoms with Gasteiger partial charge in [-0.1, -0.05) is 6.07 Å². The number of nitrogens with one attached hydrogen (secondary N) is 1. The zero-order valence-corrected chi connectivity index (χ0v) is 13.2. The Morgan fingerprint density at radius 3 is 2.78 bits per heavy atom. The van der Waals surface area contributed by atoms with Crippen molar-refractivity contribution in [3.63, 3.8) is 0 Å². The van der Waals surface area contributed by atoms with E-state index in [-0.39, 0.29) is 5.60 Å². The molecule has 0 bridgehead atoms. The van der Waals surface area contributed by atoms with Crippen LogP contribution >= 0.6 is 0 Å². The predicted molar refractivity (Wildman–Crippen MR) is 90.6 cm³/mol. The third-order valence-electron chi connectivity index (χ3n) is 4.91. The van der Waals surface area contributed by atoms with Crippen molar-refractivity contribution in [2.45, 2.75) is 30.9 Å². The van der Waals surface area contributed by atoms with Crippen LogP contribution in [-0.4, -0.2) is 41.3 Å². The summed E-state index contributed by atoms with van der Waals surface area (Å²) < 4.78 is 6.22. The molecule has 1 spiro atoms. The number of rotatable bonds is 3. The van der Waals surface area contributed by atoms with E-state index in [1.807, 2.05) is 42.9 Å². The van der Waals surface area contributed by atoms with Crippen LogP contribution in [0, 0.1) is 0 Å². The summed E-state index contributed by atoms with van der Waals surface area (Å²) in [5, 5.41) is 3.50. The summed E-state index contributed by atoms with van der Waals surface area (Å²) in [6.07, 6.45) is 8.79. The lowest BCUT2D eigenvalue weighted by molar-refractivity contribution is -0.0147. The SMILES string of the molecule is c1ccc(N[C@H]2COC3(CCN(c4cccnc4)CC3)C2)nc1. The maximum Gasteiger partial charge on any atom is 0.126 e. The molecule has 2 aromatic heterocycles. The van der Waals surface area contributed by atoms with Gasteiger partial charge in [0.2, 0.25) is 0 Å². The van der Waals surface area contributed by atoms with Crippen LogP contribution in [0.4, 0.5) is 11.5 Å². The molecular formula is C18H22N4O. The third-order valence-corrected chi connectivity index (χ3v) is 4.91. The molecule has 23 heavy (non-hydrogen) atoms. The molecule has 0 saturated carbocycles. The Morgan fingerprint density at radius 2 is 2.04 bits per heavy atom. The molecule has 5 nitrogen and oxygen atoms in total. The van der Waals surface area contributed by atoms with Gasteiger partial charge in [-0.2, -0.15) is 0 Å². The number of hydrogen-bond acceptors (Lipinski definition) is 5. The summed E-state index contributed by atoms with van der Waals surface area (Å²) >= 11 is 0. The molecule has 1 atom stereocenters. The van der Waals surface area contributed by atoms with Gasteiger partial charge in [0.1, 0.15) is 5.82 Å². The van der Waals surface area contributed by atoms with E-state index in [2.05, 4.69) is 26.3 Å². The summed E-state index contributed by atoms with van der Waals surface area (Å²) in [6.45, 7) is 2.83. The van der Waals surface area contributed by atoms with Crippen molar-refractivity contribution in [2.24, 2.45) is 0 Å². The van der Waals surface area contributed by atoms with Crippen molar-refractivity contribution < 1.29 is 4.74 Å². The van der Waals surface area contributed by atoms with Gasteiger partial charge in [0, 0.05) is 25.5 Å². The zero-order chi connectivity index (χ0) is 15.5. The smallest absolute Gasteiger partial charge is 0.126 e. The molecule has 1 N–H and O–H groups in total. The first-order valence-electron chi connectivity index (χ1n) is 8.30. The second-order valence-electron chi connectivity index (χ2n) is 6.45. The minimum absolute atomic E-state index is 0.0329. The molecule has 0 radical (unpaired) electrons. The minimum atomic E-state index is 0.0329. The maximum atomic E-state index is 6.22. The van der Waals surface area contributed by atoms with E-state index in [1.54, 1.807) is 0 Å². The first-order valence-corrected chi connectivity index (χ1v) is 8.30. The molecule has 2 aromatic rings. The molecule has 120 valence electrons. The van der Waals surface area contributed by atoms with Gasteiger partial charge >= 0.3 is 0 Å². The molecule has 2 aliphatic rings.